The average molecular weight is 478 g/mol. The summed E-state index contributed by atoms with van der Waals surface area (Å²) in [6.07, 6.45) is 1.94. The minimum Gasteiger partial charge on any atom is -0.461 e. The van der Waals surface area contributed by atoms with Crippen LogP contribution in [-0.4, -0.2) is 28.6 Å². The molecule has 35 heavy (non-hydrogen) atoms. The first-order chi connectivity index (χ1) is 17.0. The molecule has 3 rings (SSSR count). The average Bonchev–Trinajstić information content (AvgIpc) is 2.88. The molecule has 0 aliphatic heterocycles. The predicted octanol–water partition coefficient (Wildman–Crippen LogP) is 4.00. The summed E-state index contributed by atoms with van der Waals surface area (Å²) in [6.45, 7) is 2.72. The molecule has 184 valence electrons. The first-order valence-electron chi connectivity index (χ1n) is 11.7. The van der Waals surface area contributed by atoms with Crippen molar-refractivity contribution >= 4 is 12.1 Å². The van der Waals surface area contributed by atoms with E-state index in [2.05, 4.69) is 15.3 Å². The van der Waals surface area contributed by atoms with Crippen molar-refractivity contribution in [2.24, 2.45) is 0 Å². The van der Waals surface area contributed by atoms with Crippen molar-refractivity contribution in [3.63, 3.8) is 0 Å². The van der Waals surface area contributed by atoms with E-state index in [1.54, 1.807) is 0 Å². The Morgan fingerprint density at radius 2 is 1.51 bits per heavy atom. The Labute approximate surface area is 204 Å². The normalized spacial score (nSPS) is 10.5. The Hall–Kier alpha value is -3.94. The van der Waals surface area contributed by atoms with Crippen molar-refractivity contribution in [3.8, 4) is 0 Å². The lowest BCUT2D eigenvalue weighted by molar-refractivity contribution is -0.144. The van der Waals surface area contributed by atoms with Crippen LogP contribution in [0.5, 0.6) is 0 Å². The van der Waals surface area contributed by atoms with Gasteiger partial charge in [0.05, 0.1) is 12.1 Å². The van der Waals surface area contributed by atoms with E-state index in [0.29, 0.717) is 49.3 Å². The van der Waals surface area contributed by atoms with Gasteiger partial charge in [0, 0.05) is 12.2 Å². The first-order valence-corrected chi connectivity index (χ1v) is 11.7. The second-order valence-corrected chi connectivity index (χ2v) is 8.17. The third-order valence-corrected chi connectivity index (χ3v) is 5.41. The van der Waals surface area contributed by atoms with Crippen molar-refractivity contribution in [1.29, 1.82) is 0 Å². The van der Waals surface area contributed by atoms with E-state index in [-0.39, 0.29) is 31.2 Å². The maximum atomic E-state index is 12.4. The zero-order valence-electron chi connectivity index (χ0n) is 19.9. The molecule has 0 spiro atoms. The molecule has 0 fully saturated rings. The summed E-state index contributed by atoms with van der Waals surface area (Å²) in [5.74, 6) is -0.326. The zero-order chi connectivity index (χ0) is 24.9. The van der Waals surface area contributed by atoms with Crippen LogP contribution in [0.4, 0.5) is 4.79 Å². The van der Waals surface area contributed by atoms with Crippen LogP contribution in [0.3, 0.4) is 0 Å². The van der Waals surface area contributed by atoms with Gasteiger partial charge in [-0.15, -0.1) is 0 Å². The molecule has 1 amide bonds. The number of amides is 1. The number of carbonyl (C=O) groups is 2. The standard InChI is InChI=1S/C27H31N3O5/c1-20-23(15-16-25(31)34-18-21-10-4-2-5-11-21)30-26(32)24(29-20)14-8-9-17-28-27(33)35-19-22-12-6-3-7-13-22/h2-7,10-13H,8-9,14-19H2,1H3,(H,28,33)(H,30,32). The van der Waals surface area contributed by atoms with Gasteiger partial charge in [-0.1, -0.05) is 60.7 Å². The fourth-order valence-corrected chi connectivity index (χ4v) is 3.45. The number of aromatic amines is 1. The number of benzene rings is 2. The molecule has 0 saturated carbocycles. The van der Waals surface area contributed by atoms with Crippen molar-refractivity contribution in [2.45, 2.75) is 52.2 Å². The molecule has 0 saturated heterocycles. The Morgan fingerprint density at radius 1 is 0.886 bits per heavy atom. The number of alkyl carbamates (subject to hydrolysis) is 1. The number of H-pyrrole nitrogens is 1. The van der Waals surface area contributed by atoms with Crippen LogP contribution >= 0.6 is 0 Å². The van der Waals surface area contributed by atoms with E-state index in [1.807, 2.05) is 67.6 Å². The number of esters is 1. The van der Waals surface area contributed by atoms with Crippen molar-refractivity contribution in [1.82, 2.24) is 15.3 Å². The number of aromatic nitrogens is 2. The van der Waals surface area contributed by atoms with Crippen LogP contribution in [0.1, 0.15) is 47.5 Å². The second kappa shape index (κ2) is 13.7. The highest BCUT2D eigenvalue weighted by atomic mass is 16.5. The Kier molecular flexibility index (Phi) is 10.0. The van der Waals surface area contributed by atoms with Gasteiger partial charge in [0.25, 0.3) is 5.56 Å². The molecule has 2 aromatic carbocycles. The van der Waals surface area contributed by atoms with Crippen molar-refractivity contribution in [2.75, 3.05) is 6.54 Å². The quantitative estimate of drug-likeness (QED) is 0.301. The molecule has 0 bridgehead atoms. The molecule has 0 aliphatic carbocycles. The number of nitrogens with zero attached hydrogens (tertiary/aromatic N) is 1. The van der Waals surface area contributed by atoms with Gasteiger partial charge in [0.2, 0.25) is 0 Å². The van der Waals surface area contributed by atoms with Gasteiger partial charge >= 0.3 is 12.1 Å². The number of carbonyl (C=O) groups excluding carboxylic acids is 2. The predicted molar refractivity (Wildman–Crippen MR) is 132 cm³/mol. The van der Waals surface area contributed by atoms with Gasteiger partial charge in [-0.25, -0.2) is 4.79 Å². The minimum atomic E-state index is -0.465. The van der Waals surface area contributed by atoms with Gasteiger partial charge in [-0.2, -0.15) is 0 Å². The molecule has 2 N–H and O–H groups in total. The number of rotatable bonds is 12. The van der Waals surface area contributed by atoms with Gasteiger partial charge in [-0.3, -0.25) is 14.6 Å². The maximum Gasteiger partial charge on any atom is 0.407 e. The molecule has 8 nitrogen and oxygen atoms in total. The lowest BCUT2D eigenvalue weighted by Gasteiger charge is -2.09. The van der Waals surface area contributed by atoms with Crippen molar-refractivity contribution in [3.05, 3.63) is 99.2 Å². The van der Waals surface area contributed by atoms with E-state index in [0.717, 1.165) is 11.1 Å². The molecule has 8 heteroatoms. The summed E-state index contributed by atoms with van der Waals surface area (Å²) in [6, 6.07) is 18.9. The van der Waals surface area contributed by atoms with Crippen LogP contribution in [0.25, 0.3) is 0 Å². The summed E-state index contributed by atoms with van der Waals surface area (Å²) in [5, 5.41) is 2.71. The number of nitrogens with one attached hydrogen (secondary N) is 2. The zero-order valence-corrected chi connectivity index (χ0v) is 19.9. The SMILES string of the molecule is Cc1nc(CCCCNC(=O)OCc2ccccc2)c(=O)[nH]c1CCC(=O)OCc1ccccc1. The summed E-state index contributed by atoms with van der Waals surface area (Å²) >= 11 is 0. The summed E-state index contributed by atoms with van der Waals surface area (Å²) < 4.78 is 10.5. The lowest BCUT2D eigenvalue weighted by atomic mass is 10.1. The first kappa shape index (κ1) is 25.7. The van der Waals surface area contributed by atoms with Crippen molar-refractivity contribution < 1.29 is 19.1 Å². The highest BCUT2D eigenvalue weighted by molar-refractivity contribution is 5.69. The topological polar surface area (TPSA) is 110 Å². The third kappa shape index (κ3) is 9.08. The Morgan fingerprint density at radius 3 is 2.17 bits per heavy atom. The number of hydrogen-bond donors (Lipinski definition) is 2. The summed E-state index contributed by atoms with van der Waals surface area (Å²) in [7, 11) is 0. The highest BCUT2D eigenvalue weighted by Gasteiger charge is 2.11. The minimum absolute atomic E-state index is 0.163. The van der Waals surface area contributed by atoms with E-state index in [4.69, 9.17) is 9.47 Å². The largest absolute Gasteiger partial charge is 0.461 e. The summed E-state index contributed by atoms with van der Waals surface area (Å²) in [4.78, 5) is 43.5. The monoisotopic (exact) mass is 477 g/mol. The molecule has 0 unspecified atom stereocenters. The number of ether oxygens (including phenoxy) is 2. The van der Waals surface area contributed by atoms with Gasteiger partial charge < -0.3 is 19.8 Å². The third-order valence-electron chi connectivity index (χ3n) is 5.41. The molecular weight excluding hydrogens is 446 g/mol. The van der Waals surface area contributed by atoms with Gasteiger partial charge in [-0.05, 0) is 43.7 Å². The van der Waals surface area contributed by atoms with E-state index < -0.39 is 6.09 Å². The van der Waals surface area contributed by atoms with Crippen LogP contribution < -0.4 is 10.9 Å². The van der Waals surface area contributed by atoms with Crippen LogP contribution in [-0.2, 0) is 40.3 Å². The highest BCUT2D eigenvalue weighted by Crippen LogP contribution is 2.08. The molecular formula is C27H31N3O5. The number of hydrogen-bond acceptors (Lipinski definition) is 6. The van der Waals surface area contributed by atoms with Crippen LogP contribution in [0, 0.1) is 6.92 Å². The van der Waals surface area contributed by atoms with Crippen LogP contribution in [0.15, 0.2) is 65.5 Å². The van der Waals surface area contributed by atoms with E-state index in [9.17, 15) is 14.4 Å². The smallest absolute Gasteiger partial charge is 0.407 e. The second-order valence-electron chi connectivity index (χ2n) is 8.17. The molecule has 0 radical (unpaired) electrons. The molecule has 3 aromatic rings. The van der Waals surface area contributed by atoms with Gasteiger partial charge in [0.1, 0.15) is 18.9 Å². The lowest BCUT2D eigenvalue weighted by Crippen LogP contribution is -2.25. The Bertz CT molecular complexity index is 1150. The number of unbranched alkanes of at least 4 members (excludes halogenated alkanes) is 1. The van der Waals surface area contributed by atoms with E-state index >= 15 is 0 Å². The molecule has 1 heterocycles. The molecule has 0 aliphatic rings. The fraction of sp³-hybridized carbons (Fsp3) is 0.333. The number of aryl methyl sites for hydroxylation is 3. The Balaban J connectivity index is 1.34. The fourth-order valence-electron chi connectivity index (χ4n) is 3.45. The molecule has 0 atom stereocenters. The molecule has 1 aromatic heterocycles. The summed E-state index contributed by atoms with van der Waals surface area (Å²) in [5.41, 5.74) is 3.38. The van der Waals surface area contributed by atoms with E-state index in [1.165, 1.54) is 0 Å². The maximum absolute atomic E-state index is 12.4. The van der Waals surface area contributed by atoms with Gasteiger partial charge in [0.15, 0.2) is 0 Å². The van der Waals surface area contributed by atoms with Crippen LogP contribution in [0.2, 0.25) is 0 Å².